The Bertz CT molecular complexity index is 753. The molecule has 0 saturated heterocycles. The molecule has 1 nitrogen and oxygen atoms in total. The van der Waals surface area contributed by atoms with Crippen molar-refractivity contribution in [3.8, 4) is 9.75 Å². The van der Waals surface area contributed by atoms with Gasteiger partial charge in [0.2, 0.25) is 0 Å². The van der Waals surface area contributed by atoms with Crippen LogP contribution in [0.5, 0.6) is 0 Å². The highest BCUT2D eigenvalue weighted by molar-refractivity contribution is 7.22. The van der Waals surface area contributed by atoms with Gasteiger partial charge in [-0.1, -0.05) is 67.7 Å². The second-order valence-corrected chi connectivity index (χ2v) is 12.5. The molecule has 29 heavy (non-hydrogen) atoms. The molecular weight excluding hydrogens is 392 g/mol. The van der Waals surface area contributed by atoms with Crippen LogP contribution in [0.1, 0.15) is 108 Å². The molecule has 0 fully saturated rings. The summed E-state index contributed by atoms with van der Waals surface area (Å²) in [5.74, 6) is 0. The highest BCUT2D eigenvalue weighted by atomic mass is 32.1. The molecule has 164 valence electrons. The quantitative estimate of drug-likeness (QED) is 0.371. The van der Waals surface area contributed by atoms with Gasteiger partial charge in [0.15, 0.2) is 0 Å². The van der Waals surface area contributed by atoms with Crippen LogP contribution in [-0.2, 0) is 23.7 Å². The first kappa shape index (κ1) is 24.6. The van der Waals surface area contributed by atoms with Gasteiger partial charge in [-0.2, -0.15) is 0 Å². The van der Waals surface area contributed by atoms with Gasteiger partial charge in [-0.25, -0.2) is 0 Å². The topological polar surface area (TPSA) is 20.2 Å². The van der Waals surface area contributed by atoms with E-state index in [4.69, 9.17) is 0 Å². The summed E-state index contributed by atoms with van der Waals surface area (Å²) in [5, 5.41) is 9.22. The van der Waals surface area contributed by atoms with Gasteiger partial charge in [-0.05, 0) is 66.2 Å². The van der Waals surface area contributed by atoms with Crippen molar-refractivity contribution in [3.05, 3.63) is 33.0 Å². The minimum atomic E-state index is 0.182. The van der Waals surface area contributed by atoms with Crippen molar-refractivity contribution in [2.45, 2.75) is 111 Å². The standard InChI is InChI=1S/C26H42OS2/c1-8-9-10-11-15-20-17-21(28-24(20)26(5,6)7)23-19(14-12-13-16-27)18-22(29-23)25(2,3)4/h17-18,27H,8-16H2,1-7H3. The van der Waals surface area contributed by atoms with Gasteiger partial charge < -0.3 is 5.11 Å². The zero-order valence-corrected chi connectivity index (χ0v) is 21.4. The van der Waals surface area contributed by atoms with Crippen LogP contribution in [0.15, 0.2) is 12.1 Å². The van der Waals surface area contributed by atoms with Gasteiger partial charge in [-0.15, -0.1) is 22.7 Å². The molecule has 2 aromatic heterocycles. The molecular formula is C26H42OS2. The first-order valence-electron chi connectivity index (χ1n) is 11.5. The molecule has 0 aliphatic rings. The van der Waals surface area contributed by atoms with Gasteiger partial charge >= 0.3 is 0 Å². The van der Waals surface area contributed by atoms with Crippen molar-refractivity contribution in [2.75, 3.05) is 6.61 Å². The summed E-state index contributed by atoms with van der Waals surface area (Å²) in [5.41, 5.74) is 3.43. The Morgan fingerprint density at radius 3 is 2.00 bits per heavy atom. The maximum atomic E-state index is 9.22. The molecule has 0 aromatic carbocycles. The Morgan fingerprint density at radius 2 is 1.41 bits per heavy atom. The van der Waals surface area contributed by atoms with Crippen molar-refractivity contribution in [1.29, 1.82) is 0 Å². The minimum absolute atomic E-state index is 0.182. The first-order chi connectivity index (χ1) is 13.6. The number of hydrogen-bond acceptors (Lipinski definition) is 3. The second kappa shape index (κ2) is 10.6. The monoisotopic (exact) mass is 434 g/mol. The van der Waals surface area contributed by atoms with E-state index in [1.54, 1.807) is 10.4 Å². The third-order valence-corrected chi connectivity index (χ3v) is 8.80. The number of rotatable bonds is 10. The highest BCUT2D eigenvalue weighted by Crippen LogP contribution is 2.45. The molecule has 0 saturated carbocycles. The number of aliphatic hydroxyl groups is 1. The van der Waals surface area contributed by atoms with Gasteiger partial charge in [0.1, 0.15) is 0 Å². The van der Waals surface area contributed by atoms with E-state index in [0.717, 1.165) is 19.3 Å². The van der Waals surface area contributed by atoms with Gasteiger partial charge in [0.25, 0.3) is 0 Å². The molecule has 0 aliphatic carbocycles. The highest BCUT2D eigenvalue weighted by Gasteiger charge is 2.25. The maximum absolute atomic E-state index is 9.22. The third-order valence-electron chi connectivity index (χ3n) is 5.42. The fraction of sp³-hybridized carbons (Fsp3) is 0.692. The zero-order chi connectivity index (χ0) is 21.7. The van der Waals surface area contributed by atoms with E-state index in [-0.39, 0.29) is 10.8 Å². The molecule has 0 aliphatic heterocycles. The first-order valence-corrected chi connectivity index (χ1v) is 13.1. The zero-order valence-electron chi connectivity index (χ0n) is 19.8. The van der Waals surface area contributed by atoms with Gasteiger partial charge in [0, 0.05) is 26.1 Å². The lowest BCUT2D eigenvalue weighted by Crippen LogP contribution is -2.11. The molecule has 2 heterocycles. The van der Waals surface area contributed by atoms with E-state index in [2.05, 4.69) is 60.6 Å². The fourth-order valence-corrected chi connectivity index (χ4v) is 6.40. The number of aryl methyl sites for hydroxylation is 2. The van der Waals surface area contributed by atoms with Crippen molar-refractivity contribution in [2.24, 2.45) is 0 Å². The SMILES string of the molecule is CCCCCCc1cc(-c2sc(C(C)(C)C)cc2CCCCO)sc1C(C)(C)C. The van der Waals surface area contributed by atoms with E-state index in [9.17, 15) is 5.11 Å². The maximum Gasteiger partial charge on any atom is 0.0477 e. The van der Waals surface area contributed by atoms with E-state index < -0.39 is 0 Å². The summed E-state index contributed by atoms with van der Waals surface area (Å²) in [4.78, 5) is 5.97. The summed E-state index contributed by atoms with van der Waals surface area (Å²) in [6.45, 7) is 16.6. The summed E-state index contributed by atoms with van der Waals surface area (Å²) >= 11 is 4.01. The Morgan fingerprint density at radius 1 is 0.759 bits per heavy atom. The van der Waals surface area contributed by atoms with Crippen molar-refractivity contribution >= 4 is 22.7 Å². The lowest BCUT2D eigenvalue weighted by molar-refractivity contribution is 0.284. The van der Waals surface area contributed by atoms with E-state index in [1.807, 2.05) is 22.7 Å². The number of aliphatic hydroxyl groups excluding tert-OH is 1. The summed E-state index contributed by atoms with van der Waals surface area (Å²) < 4.78 is 0. The van der Waals surface area contributed by atoms with Crippen LogP contribution in [-0.4, -0.2) is 11.7 Å². The van der Waals surface area contributed by atoms with Crippen molar-refractivity contribution < 1.29 is 5.11 Å². The van der Waals surface area contributed by atoms with E-state index in [1.165, 1.54) is 52.3 Å². The molecule has 0 spiro atoms. The fourth-order valence-electron chi connectivity index (χ4n) is 3.72. The van der Waals surface area contributed by atoms with Gasteiger partial charge in [-0.3, -0.25) is 0 Å². The Hall–Kier alpha value is -0.640. The van der Waals surface area contributed by atoms with Crippen LogP contribution in [0.3, 0.4) is 0 Å². The summed E-state index contributed by atoms with van der Waals surface area (Å²) in [7, 11) is 0. The van der Waals surface area contributed by atoms with Crippen LogP contribution in [0.25, 0.3) is 9.75 Å². The van der Waals surface area contributed by atoms with Crippen LogP contribution in [0, 0.1) is 0 Å². The molecule has 0 radical (unpaired) electrons. The minimum Gasteiger partial charge on any atom is -0.396 e. The largest absolute Gasteiger partial charge is 0.396 e. The smallest absolute Gasteiger partial charge is 0.0477 e. The molecule has 2 rings (SSSR count). The van der Waals surface area contributed by atoms with E-state index >= 15 is 0 Å². The molecule has 1 N–H and O–H groups in total. The predicted molar refractivity (Wildman–Crippen MR) is 133 cm³/mol. The van der Waals surface area contributed by atoms with Crippen LogP contribution in [0.2, 0.25) is 0 Å². The Labute approximate surface area is 187 Å². The lowest BCUT2D eigenvalue weighted by atomic mass is 9.90. The molecule has 0 unspecified atom stereocenters. The predicted octanol–water partition coefficient (Wildman–Crippen LogP) is 8.51. The van der Waals surface area contributed by atoms with Gasteiger partial charge in [0.05, 0.1) is 0 Å². The van der Waals surface area contributed by atoms with Crippen LogP contribution >= 0.6 is 22.7 Å². The van der Waals surface area contributed by atoms with Crippen molar-refractivity contribution in [3.63, 3.8) is 0 Å². The third kappa shape index (κ3) is 6.94. The number of unbranched alkanes of at least 4 members (excludes halogenated alkanes) is 4. The molecule has 0 bridgehead atoms. The normalized spacial score (nSPS) is 12.7. The van der Waals surface area contributed by atoms with E-state index in [0.29, 0.717) is 6.61 Å². The Kier molecular flexibility index (Phi) is 9.00. The molecule has 0 atom stereocenters. The molecule has 0 amide bonds. The summed E-state index contributed by atoms with van der Waals surface area (Å²) in [6.07, 6.45) is 9.50. The van der Waals surface area contributed by atoms with Crippen LogP contribution in [0.4, 0.5) is 0 Å². The summed E-state index contributed by atoms with van der Waals surface area (Å²) in [6, 6.07) is 4.94. The molecule has 2 aromatic rings. The lowest BCUT2D eigenvalue weighted by Gasteiger charge is -2.19. The van der Waals surface area contributed by atoms with Crippen LogP contribution < -0.4 is 0 Å². The van der Waals surface area contributed by atoms with Crippen molar-refractivity contribution in [1.82, 2.24) is 0 Å². The second-order valence-electron chi connectivity index (χ2n) is 10.4. The average Bonchev–Trinajstić information content (AvgIpc) is 3.22. The average molecular weight is 435 g/mol. The number of thiophene rings is 2. The molecule has 3 heteroatoms. The Balaban J connectivity index is 2.40. The number of hydrogen-bond donors (Lipinski definition) is 1.